The van der Waals surface area contributed by atoms with E-state index in [0.717, 1.165) is 42.5 Å². The number of carbonyl (C=O) groups excluding carboxylic acids is 1. The summed E-state index contributed by atoms with van der Waals surface area (Å²) in [5.41, 5.74) is 2.06. The van der Waals surface area contributed by atoms with E-state index in [4.69, 9.17) is 4.74 Å². The molecule has 4 nitrogen and oxygen atoms in total. The van der Waals surface area contributed by atoms with E-state index < -0.39 is 0 Å². The maximum absolute atomic E-state index is 12.0. The molecule has 2 heterocycles. The Hall–Kier alpha value is -1.20. The van der Waals surface area contributed by atoms with Gasteiger partial charge >= 0.3 is 0 Å². The predicted octanol–water partition coefficient (Wildman–Crippen LogP) is 1.66. The molecule has 3 rings (SSSR count). The Labute approximate surface area is 117 Å². The van der Waals surface area contributed by atoms with Crippen molar-refractivity contribution in [2.75, 3.05) is 30.0 Å². The van der Waals surface area contributed by atoms with E-state index in [-0.39, 0.29) is 5.91 Å². The number of hydrogen-bond donors (Lipinski definition) is 2. The third-order valence-electron chi connectivity index (χ3n) is 3.40. The molecule has 2 aliphatic rings. The van der Waals surface area contributed by atoms with Crippen molar-refractivity contribution in [3.05, 3.63) is 23.8 Å². The lowest BCUT2D eigenvalue weighted by molar-refractivity contribution is -0.116. The van der Waals surface area contributed by atoms with Crippen molar-refractivity contribution >= 4 is 23.4 Å². The number of rotatable bonds is 3. The standard InChI is InChI=1S/C14H18N2O2S/c17-14(8-12-9-19-6-4-15-12)16-11-1-2-13-10(7-11)3-5-18-13/h1-2,7,12,15H,3-6,8-9H2,(H,16,17). The molecule has 1 atom stereocenters. The summed E-state index contributed by atoms with van der Waals surface area (Å²) >= 11 is 1.91. The van der Waals surface area contributed by atoms with Crippen LogP contribution in [0.2, 0.25) is 0 Å². The Kier molecular flexibility index (Phi) is 3.94. The molecule has 0 saturated carbocycles. The third-order valence-corrected chi connectivity index (χ3v) is 4.53. The molecule has 1 fully saturated rings. The number of amides is 1. The van der Waals surface area contributed by atoms with Crippen LogP contribution < -0.4 is 15.4 Å². The van der Waals surface area contributed by atoms with Gasteiger partial charge in [0, 0.05) is 42.6 Å². The largest absolute Gasteiger partial charge is 0.493 e. The molecule has 0 aliphatic carbocycles. The number of nitrogens with one attached hydrogen (secondary N) is 2. The first kappa shape index (κ1) is 12.8. The van der Waals surface area contributed by atoms with Crippen molar-refractivity contribution < 1.29 is 9.53 Å². The molecule has 2 aliphatic heterocycles. The zero-order chi connectivity index (χ0) is 13.1. The van der Waals surface area contributed by atoms with E-state index >= 15 is 0 Å². The number of benzene rings is 1. The summed E-state index contributed by atoms with van der Waals surface area (Å²) in [6.07, 6.45) is 1.47. The van der Waals surface area contributed by atoms with Gasteiger partial charge in [-0.3, -0.25) is 4.79 Å². The molecule has 19 heavy (non-hydrogen) atoms. The van der Waals surface area contributed by atoms with Crippen LogP contribution in [0.15, 0.2) is 18.2 Å². The fourth-order valence-electron chi connectivity index (χ4n) is 2.45. The van der Waals surface area contributed by atoms with Crippen LogP contribution in [0.25, 0.3) is 0 Å². The van der Waals surface area contributed by atoms with Crippen LogP contribution in [0.5, 0.6) is 5.75 Å². The quantitative estimate of drug-likeness (QED) is 0.883. The van der Waals surface area contributed by atoms with Gasteiger partial charge in [-0.2, -0.15) is 11.8 Å². The van der Waals surface area contributed by atoms with Crippen LogP contribution in [0, 0.1) is 0 Å². The Morgan fingerprint density at radius 1 is 1.53 bits per heavy atom. The third kappa shape index (κ3) is 3.22. The highest BCUT2D eigenvalue weighted by Crippen LogP contribution is 2.27. The molecule has 1 unspecified atom stereocenters. The minimum atomic E-state index is 0.0823. The number of fused-ring (bicyclic) bond motifs is 1. The lowest BCUT2D eigenvalue weighted by Gasteiger charge is -2.22. The second kappa shape index (κ2) is 5.84. The summed E-state index contributed by atoms with van der Waals surface area (Å²) in [6.45, 7) is 1.74. The van der Waals surface area contributed by atoms with Crippen molar-refractivity contribution in [3.63, 3.8) is 0 Å². The minimum Gasteiger partial charge on any atom is -0.493 e. The Morgan fingerprint density at radius 2 is 2.47 bits per heavy atom. The second-order valence-electron chi connectivity index (χ2n) is 4.90. The number of hydrogen-bond acceptors (Lipinski definition) is 4. The molecule has 0 aromatic heterocycles. The van der Waals surface area contributed by atoms with E-state index in [1.807, 2.05) is 30.0 Å². The van der Waals surface area contributed by atoms with E-state index in [1.165, 1.54) is 5.56 Å². The molecule has 5 heteroatoms. The fourth-order valence-corrected chi connectivity index (χ4v) is 3.40. The smallest absolute Gasteiger partial charge is 0.225 e. The van der Waals surface area contributed by atoms with E-state index in [0.29, 0.717) is 12.5 Å². The van der Waals surface area contributed by atoms with Crippen LogP contribution in [0.3, 0.4) is 0 Å². The Morgan fingerprint density at radius 3 is 3.32 bits per heavy atom. The van der Waals surface area contributed by atoms with Gasteiger partial charge in [0.15, 0.2) is 0 Å². The summed E-state index contributed by atoms with van der Waals surface area (Å²) in [5, 5.41) is 6.35. The van der Waals surface area contributed by atoms with Crippen LogP contribution >= 0.6 is 11.8 Å². The van der Waals surface area contributed by atoms with Gasteiger partial charge in [-0.1, -0.05) is 0 Å². The maximum Gasteiger partial charge on any atom is 0.225 e. The Bertz CT molecular complexity index is 473. The highest BCUT2D eigenvalue weighted by atomic mass is 32.2. The summed E-state index contributed by atoms with van der Waals surface area (Å²) in [5.74, 6) is 3.19. The maximum atomic E-state index is 12.0. The SMILES string of the molecule is O=C(CC1CSCCN1)Nc1ccc2c(c1)CCO2. The topological polar surface area (TPSA) is 50.4 Å². The molecular weight excluding hydrogens is 260 g/mol. The number of ether oxygens (including phenoxy) is 1. The summed E-state index contributed by atoms with van der Waals surface area (Å²) in [6, 6.07) is 6.16. The van der Waals surface area contributed by atoms with Gasteiger partial charge in [-0.05, 0) is 23.8 Å². The molecule has 1 aromatic carbocycles. The molecule has 1 amide bonds. The van der Waals surface area contributed by atoms with Gasteiger partial charge in [0.25, 0.3) is 0 Å². The summed E-state index contributed by atoms with van der Waals surface area (Å²) in [4.78, 5) is 12.0. The average Bonchev–Trinajstić information content (AvgIpc) is 2.87. The molecule has 2 N–H and O–H groups in total. The fraction of sp³-hybridized carbons (Fsp3) is 0.500. The van der Waals surface area contributed by atoms with E-state index in [2.05, 4.69) is 10.6 Å². The van der Waals surface area contributed by atoms with Gasteiger partial charge in [0.2, 0.25) is 5.91 Å². The highest BCUT2D eigenvalue weighted by Gasteiger charge is 2.17. The average molecular weight is 278 g/mol. The van der Waals surface area contributed by atoms with Gasteiger partial charge in [0.05, 0.1) is 6.61 Å². The molecule has 0 radical (unpaired) electrons. The van der Waals surface area contributed by atoms with Crippen LogP contribution in [-0.4, -0.2) is 36.6 Å². The molecule has 1 aromatic rings. The lowest BCUT2D eigenvalue weighted by Crippen LogP contribution is -2.39. The van der Waals surface area contributed by atoms with Gasteiger partial charge in [-0.25, -0.2) is 0 Å². The minimum absolute atomic E-state index is 0.0823. The van der Waals surface area contributed by atoms with Gasteiger partial charge < -0.3 is 15.4 Å². The first-order valence-electron chi connectivity index (χ1n) is 6.68. The molecule has 1 saturated heterocycles. The normalized spacial score (nSPS) is 21.6. The van der Waals surface area contributed by atoms with Crippen molar-refractivity contribution in [2.24, 2.45) is 0 Å². The van der Waals surface area contributed by atoms with Crippen LogP contribution in [-0.2, 0) is 11.2 Å². The van der Waals surface area contributed by atoms with E-state index in [1.54, 1.807) is 0 Å². The zero-order valence-corrected chi connectivity index (χ0v) is 11.6. The monoisotopic (exact) mass is 278 g/mol. The first-order chi connectivity index (χ1) is 9.31. The number of anilines is 1. The molecule has 0 spiro atoms. The number of carbonyl (C=O) groups is 1. The van der Waals surface area contributed by atoms with Crippen LogP contribution in [0.4, 0.5) is 5.69 Å². The number of thioether (sulfide) groups is 1. The van der Waals surface area contributed by atoms with Gasteiger partial charge in [0.1, 0.15) is 5.75 Å². The van der Waals surface area contributed by atoms with Crippen molar-refractivity contribution in [3.8, 4) is 5.75 Å². The molecule has 0 bridgehead atoms. The Balaban J connectivity index is 1.56. The van der Waals surface area contributed by atoms with Crippen LogP contribution in [0.1, 0.15) is 12.0 Å². The summed E-state index contributed by atoms with van der Waals surface area (Å²) < 4.78 is 5.45. The van der Waals surface area contributed by atoms with Crippen molar-refractivity contribution in [1.82, 2.24) is 5.32 Å². The second-order valence-corrected chi connectivity index (χ2v) is 6.05. The molecular formula is C14H18N2O2S. The van der Waals surface area contributed by atoms with Gasteiger partial charge in [-0.15, -0.1) is 0 Å². The zero-order valence-electron chi connectivity index (χ0n) is 10.8. The van der Waals surface area contributed by atoms with E-state index in [9.17, 15) is 4.79 Å². The lowest BCUT2D eigenvalue weighted by atomic mass is 10.1. The first-order valence-corrected chi connectivity index (χ1v) is 7.83. The summed E-state index contributed by atoms with van der Waals surface area (Å²) in [7, 11) is 0. The van der Waals surface area contributed by atoms with Crippen molar-refractivity contribution in [1.29, 1.82) is 0 Å². The molecule has 102 valence electrons. The predicted molar refractivity (Wildman–Crippen MR) is 78.0 cm³/mol. The van der Waals surface area contributed by atoms with Crippen molar-refractivity contribution in [2.45, 2.75) is 18.9 Å². The highest BCUT2D eigenvalue weighted by molar-refractivity contribution is 7.99.